The van der Waals surface area contributed by atoms with Crippen LogP contribution in [0.2, 0.25) is 0 Å². The Kier molecular flexibility index (Phi) is 2.98. The van der Waals surface area contributed by atoms with E-state index in [2.05, 4.69) is 14.8 Å². The zero-order valence-corrected chi connectivity index (χ0v) is 6.61. The van der Waals surface area contributed by atoms with E-state index in [1.165, 1.54) is 12.5 Å². The molecule has 1 rings (SSSR count). The first kappa shape index (κ1) is 9.20. The van der Waals surface area contributed by atoms with E-state index in [9.17, 15) is 9.59 Å². The van der Waals surface area contributed by atoms with Gasteiger partial charge >= 0.3 is 0 Å². The summed E-state index contributed by atoms with van der Waals surface area (Å²) in [6.45, 7) is -0.361. The minimum atomic E-state index is -0.662. The number of hydrogen-bond acceptors (Lipinski definition) is 4. The molecule has 0 saturated heterocycles. The predicted octanol–water partition coefficient (Wildman–Crippen LogP) is -1.44. The maximum Gasteiger partial charge on any atom is 0.292 e. The Morgan fingerprint density at radius 1 is 1.69 bits per heavy atom. The number of hydroxylamine groups is 1. The first-order chi connectivity index (χ1) is 6.20. The maximum atomic E-state index is 11.0. The lowest BCUT2D eigenvalue weighted by atomic mass is 10.5. The molecule has 2 amide bonds. The molecule has 0 atom stereocenters. The van der Waals surface area contributed by atoms with Gasteiger partial charge in [0.1, 0.15) is 5.69 Å². The van der Waals surface area contributed by atoms with E-state index in [1.807, 2.05) is 5.48 Å². The zero-order valence-electron chi connectivity index (χ0n) is 6.61. The summed E-state index contributed by atoms with van der Waals surface area (Å²) in [4.78, 5) is 31.9. The Morgan fingerprint density at radius 2 is 2.46 bits per heavy atom. The molecule has 0 fully saturated rings. The number of rotatable bonds is 4. The number of aromatic nitrogens is 2. The predicted molar refractivity (Wildman–Crippen MR) is 41.2 cm³/mol. The summed E-state index contributed by atoms with van der Waals surface area (Å²) in [7, 11) is 0. The van der Waals surface area contributed by atoms with Crippen LogP contribution in [0.4, 0.5) is 0 Å². The van der Waals surface area contributed by atoms with Gasteiger partial charge in [-0.05, 0) is 0 Å². The number of H-pyrrole nitrogens is 1. The average molecular weight is 184 g/mol. The van der Waals surface area contributed by atoms with Crippen molar-refractivity contribution in [3.05, 3.63) is 18.2 Å². The van der Waals surface area contributed by atoms with Crippen molar-refractivity contribution in [1.82, 2.24) is 15.4 Å². The third-order valence-electron chi connectivity index (χ3n) is 1.12. The van der Waals surface area contributed by atoms with Crippen molar-refractivity contribution in [2.45, 2.75) is 0 Å². The van der Waals surface area contributed by atoms with Gasteiger partial charge in [-0.3, -0.25) is 14.4 Å². The first-order valence-corrected chi connectivity index (χ1v) is 3.39. The van der Waals surface area contributed by atoms with Crippen LogP contribution in [0, 0.1) is 0 Å². The van der Waals surface area contributed by atoms with Crippen LogP contribution in [0.3, 0.4) is 0 Å². The van der Waals surface area contributed by atoms with E-state index >= 15 is 0 Å². The molecule has 0 radical (unpaired) electrons. The van der Waals surface area contributed by atoms with Gasteiger partial charge in [0.2, 0.25) is 5.91 Å². The highest BCUT2D eigenvalue weighted by Crippen LogP contribution is 1.89. The number of amides is 2. The molecule has 0 aromatic carbocycles. The molecule has 0 spiro atoms. The molecule has 0 saturated carbocycles. The van der Waals surface area contributed by atoms with Gasteiger partial charge in [0.25, 0.3) is 5.91 Å². The van der Waals surface area contributed by atoms with E-state index < -0.39 is 11.8 Å². The smallest absolute Gasteiger partial charge is 0.292 e. The first-order valence-electron chi connectivity index (χ1n) is 3.39. The van der Waals surface area contributed by atoms with Crippen LogP contribution in [0.25, 0.3) is 0 Å². The molecule has 0 bridgehead atoms. The van der Waals surface area contributed by atoms with Crippen LogP contribution >= 0.6 is 0 Å². The van der Waals surface area contributed by atoms with Gasteiger partial charge in [-0.15, -0.1) is 0 Å². The van der Waals surface area contributed by atoms with Crippen LogP contribution in [-0.4, -0.2) is 28.4 Å². The van der Waals surface area contributed by atoms with Gasteiger partial charge in [0.15, 0.2) is 6.61 Å². The highest BCUT2D eigenvalue weighted by Gasteiger charge is 2.06. The van der Waals surface area contributed by atoms with Gasteiger partial charge in [-0.25, -0.2) is 10.5 Å². The third kappa shape index (κ3) is 2.91. The number of primary amides is 1. The number of aromatic amines is 1. The lowest BCUT2D eigenvalue weighted by molar-refractivity contribution is -0.124. The number of nitrogens with two attached hydrogens (primary N) is 1. The molecule has 0 aliphatic carbocycles. The Hall–Kier alpha value is -1.89. The summed E-state index contributed by atoms with van der Waals surface area (Å²) in [6.07, 6.45) is 2.67. The molecule has 13 heavy (non-hydrogen) atoms. The van der Waals surface area contributed by atoms with Gasteiger partial charge < -0.3 is 10.7 Å². The van der Waals surface area contributed by atoms with E-state index in [4.69, 9.17) is 5.73 Å². The fraction of sp³-hybridized carbons (Fsp3) is 0.167. The lowest BCUT2D eigenvalue weighted by Gasteiger charge is -2.00. The number of carbonyl (C=O) groups is 2. The number of nitrogens with one attached hydrogen (secondary N) is 2. The molecule has 0 unspecified atom stereocenters. The van der Waals surface area contributed by atoms with Crippen LogP contribution in [0.15, 0.2) is 12.5 Å². The highest BCUT2D eigenvalue weighted by molar-refractivity contribution is 5.91. The topological polar surface area (TPSA) is 110 Å². The largest absolute Gasteiger partial charge is 0.368 e. The van der Waals surface area contributed by atoms with Crippen LogP contribution in [0.5, 0.6) is 0 Å². The van der Waals surface area contributed by atoms with Crippen molar-refractivity contribution in [2.75, 3.05) is 6.61 Å². The van der Waals surface area contributed by atoms with Crippen molar-refractivity contribution < 1.29 is 14.4 Å². The Bertz CT molecular complexity index is 295. The standard InChI is InChI=1S/C6H8N4O3/c7-5(11)2-13-10-6(12)4-1-8-3-9-4/h1,3H,2H2,(H2,7,11)(H,8,9)(H,10,12). The van der Waals surface area contributed by atoms with Crippen LogP contribution in [0.1, 0.15) is 10.5 Å². The quantitative estimate of drug-likeness (QED) is 0.497. The molecular weight excluding hydrogens is 176 g/mol. The number of carbonyl (C=O) groups excluding carboxylic acids is 2. The Balaban J connectivity index is 2.31. The molecule has 70 valence electrons. The summed E-state index contributed by atoms with van der Waals surface area (Å²) >= 11 is 0. The van der Waals surface area contributed by atoms with E-state index in [0.717, 1.165) is 0 Å². The molecular formula is C6H8N4O3. The SMILES string of the molecule is NC(=O)CONC(=O)c1cnc[nH]1. The number of imidazole rings is 1. The second-order valence-electron chi connectivity index (χ2n) is 2.15. The monoisotopic (exact) mass is 184 g/mol. The van der Waals surface area contributed by atoms with Crippen molar-refractivity contribution in [2.24, 2.45) is 5.73 Å². The molecule has 1 heterocycles. The highest BCUT2D eigenvalue weighted by atomic mass is 16.7. The van der Waals surface area contributed by atoms with E-state index in [1.54, 1.807) is 0 Å². The Morgan fingerprint density at radius 3 is 3.00 bits per heavy atom. The third-order valence-corrected chi connectivity index (χ3v) is 1.12. The molecule has 4 N–H and O–H groups in total. The summed E-state index contributed by atoms with van der Waals surface area (Å²) in [6, 6.07) is 0. The van der Waals surface area contributed by atoms with Crippen molar-refractivity contribution in [1.29, 1.82) is 0 Å². The van der Waals surface area contributed by atoms with Gasteiger partial charge in [0.05, 0.1) is 12.5 Å². The van der Waals surface area contributed by atoms with Gasteiger partial charge in [-0.1, -0.05) is 0 Å². The van der Waals surface area contributed by atoms with E-state index in [-0.39, 0.29) is 12.3 Å². The minimum absolute atomic E-state index is 0.240. The van der Waals surface area contributed by atoms with Crippen molar-refractivity contribution >= 4 is 11.8 Å². The van der Waals surface area contributed by atoms with Gasteiger partial charge in [-0.2, -0.15) is 0 Å². The van der Waals surface area contributed by atoms with Crippen molar-refractivity contribution in [3.63, 3.8) is 0 Å². The number of nitrogens with zero attached hydrogens (tertiary/aromatic N) is 1. The number of hydrogen-bond donors (Lipinski definition) is 3. The normalized spacial score (nSPS) is 9.54. The van der Waals surface area contributed by atoms with Gasteiger partial charge in [0, 0.05) is 0 Å². The molecule has 0 aliphatic heterocycles. The fourth-order valence-electron chi connectivity index (χ4n) is 0.608. The summed E-state index contributed by atoms with van der Waals surface area (Å²) in [5.41, 5.74) is 7.01. The van der Waals surface area contributed by atoms with E-state index in [0.29, 0.717) is 0 Å². The Labute approximate surface area is 73.2 Å². The second kappa shape index (κ2) is 4.21. The summed E-state index contributed by atoms with van der Waals surface area (Å²) in [5.74, 6) is -1.18. The lowest BCUT2D eigenvalue weighted by Crippen LogP contribution is -2.29. The van der Waals surface area contributed by atoms with Crippen molar-refractivity contribution in [3.8, 4) is 0 Å². The summed E-state index contributed by atoms with van der Waals surface area (Å²) in [5, 5.41) is 0. The molecule has 1 aromatic rings. The minimum Gasteiger partial charge on any atom is -0.368 e. The molecule has 0 aliphatic rings. The maximum absolute atomic E-state index is 11.0. The van der Waals surface area contributed by atoms with Crippen LogP contribution < -0.4 is 11.2 Å². The second-order valence-corrected chi connectivity index (χ2v) is 2.15. The van der Waals surface area contributed by atoms with Crippen LogP contribution in [-0.2, 0) is 9.63 Å². The zero-order chi connectivity index (χ0) is 9.68. The average Bonchev–Trinajstić information content (AvgIpc) is 2.55. The molecule has 1 aromatic heterocycles. The summed E-state index contributed by atoms with van der Waals surface area (Å²) < 4.78 is 0. The molecule has 7 nitrogen and oxygen atoms in total. The fourth-order valence-corrected chi connectivity index (χ4v) is 0.608. The molecule has 7 heteroatoms.